The minimum absolute atomic E-state index is 1.11. The molecule has 0 aliphatic carbocycles. The van der Waals surface area contributed by atoms with Gasteiger partial charge in [-0.3, -0.25) is 19.0 Å². The van der Waals surface area contributed by atoms with E-state index in [9.17, 15) is 0 Å². The summed E-state index contributed by atoms with van der Waals surface area (Å²) in [7, 11) is 6.55. The van der Waals surface area contributed by atoms with Crippen LogP contribution < -0.4 is 0 Å². The molecule has 0 N–H and O–H groups in total. The number of nitrogens with zero attached hydrogens (tertiary/aromatic N) is 4. The molecular weight excluding hydrogens is 272 g/mol. The normalized spacial score (nSPS) is 18.9. The fraction of sp³-hybridized carbons (Fsp3) is 0.556. The fourth-order valence-electron chi connectivity index (χ4n) is 3.63. The lowest BCUT2D eigenvalue weighted by atomic mass is 10.1. The highest BCUT2D eigenvalue weighted by Gasteiger charge is 2.30. The van der Waals surface area contributed by atoms with Crippen LogP contribution in [-0.2, 0) is 0 Å². The first-order valence-corrected chi connectivity index (χ1v) is 8.35. The number of likely N-dealkylation sites (N-methyl/N-ethyl adjacent to an activating group) is 3. The SMILES string of the molecule is CCCN1CC[N+](C)=C1c1ccc(C2=[N+](C)CCN2C)cc1. The molecule has 0 fully saturated rings. The average Bonchev–Trinajstić information content (AvgIpc) is 3.03. The Bertz CT molecular complexity index is 612. The summed E-state index contributed by atoms with van der Waals surface area (Å²) >= 11 is 0. The number of amidine groups is 2. The highest BCUT2D eigenvalue weighted by atomic mass is 15.3. The van der Waals surface area contributed by atoms with Crippen LogP contribution in [0.4, 0.5) is 0 Å². The summed E-state index contributed by atoms with van der Waals surface area (Å²) in [6.07, 6.45) is 1.20. The van der Waals surface area contributed by atoms with Gasteiger partial charge in [0, 0.05) is 0 Å². The second kappa shape index (κ2) is 6.11. The molecule has 0 saturated heterocycles. The van der Waals surface area contributed by atoms with Gasteiger partial charge in [0.1, 0.15) is 26.2 Å². The van der Waals surface area contributed by atoms with E-state index >= 15 is 0 Å². The Morgan fingerprint density at radius 2 is 1.45 bits per heavy atom. The van der Waals surface area contributed by atoms with E-state index < -0.39 is 0 Å². The van der Waals surface area contributed by atoms with E-state index in [1.807, 2.05) is 0 Å². The molecule has 2 aliphatic rings. The van der Waals surface area contributed by atoms with E-state index in [2.05, 4.69) is 71.3 Å². The van der Waals surface area contributed by atoms with Crippen molar-refractivity contribution in [2.45, 2.75) is 13.3 Å². The zero-order valence-electron chi connectivity index (χ0n) is 14.3. The van der Waals surface area contributed by atoms with Crippen LogP contribution in [0, 0.1) is 0 Å². The second-order valence-electron chi connectivity index (χ2n) is 6.48. The number of hydrogen-bond acceptors (Lipinski definition) is 2. The van der Waals surface area contributed by atoms with Crippen molar-refractivity contribution in [1.29, 1.82) is 0 Å². The molecule has 4 nitrogen and oxygen atoms in total. The van der Waals surface area contributed by atoms with Crippen LogP contribution in [0.2, 0.25) is 0 Å². The molecule has 0 bridgehead atoms. The second-order valence-corrected chi connectivity index (χ2v) is 6.48. The van der Waals surface area contributed by atoms with Gasteiger partial charge in [0.2, 0.25) is 0 Å². The molecule has 1 aromatic rings. The standard InChI is InChI=1S/C18H28N4/c1-5-10-22-14-13-21(4)18(22)16-8-6-15(7-9-16)17-19(2)11-12-20(17)3/h6-9H,5,10-14H2,1-4H3/q+2. The third-order valence-electron chi connectivity index (χ3n) is 4.76. The van der Waals surface area contributed by atoms with E-state index in [-0.39, 0.29) is 0 Å². The van der Waals surface area contributed by atoms with Gasteiger partial charge in [-0.2, -0.15) is 0 Å². The van der Waals surface area contributed by atoms with Crippen LogP contribution in [0.1, 0.15) is 24.5 Å². The maximum absolute atomic E-state index is 2.51. The third-order valence-corrected chi connectivity index (χ3v) is 4.76. The van der Waals surface area contributed by atoms with E-state index in [1.165, 1.54) is 29.2 Å². The van der Waals surface area contributed by atoms with Gasteiger partial charge in [-0.05, 0) is 30.7 Å². The van der Waals surface area contributed by atoms with Gasteiger partial charge in [0.15, 0.2) is 0 Å². The largest absolute Gasteiger partial charge is 0.279 e. The smallest absolute Gasteiger partial charge is 0.260 e. The van der Waals surface area contributed by atoms with E-state index in [0.29, 0.717) is 0 Å². The van der Waals surface area contributed by atoms with Crippen molar-refractivity contribution in [2.75, 3.05) is 53.9 Å². The number of rotatable bonds is 4. The molecule has 118 valence electrons. The molecule has 0 aromatic heterocycles. The Hall–Kier alpha value is -1.84. The summed E-state index contributed by atoms with van der Waals surface area (Å²) in [6.45, 7) is 7.88. The highest BCUT2D eigenvalue weighted by Crippen LogP contribution is 2.15. The fourth-order valence-corrected chi connectivity index (χ4v) is 3.63. The van der Waals surface area contributed by atoms with Gasteiger partial charge in [0.05, 0.1) is 38.8 Å². The lowest BCUT2D eigenvalue weighted by Crippen LogP contribution is -2.31. The lowest BCUT2D eigenvalue weighted by Gasteiger charge is -2.13. The van der Waals surface area contributed by atoms with Crippen molar-refractivity contribution in [3.05, 3.63) is 35.4 Å². The van der Waals surface area contributed by atoms with Gasteiger partial charge >= 0.3 is 0 Å². The maximum atomic E-state index is 2.51. The van der Waals surface area contributed by atoms with E-state index in [4.69, 9.17) is 0 Å². The molecule has 2 aliphatic heterocycles. The monoisotopic (exact) mass is 300 g/mol. The van der Waals surface area contributed by atoms with Crippen LogP contribution in [0.15, 0.2) is 24.3 Å². The van der Waals surface area contributed by atoms with Gasteiger partial charge in [-0.15, -0.1) is 0 Å². The molecule has 1 aromatic carbocycles. The highest BCUT2D eigenvalue weighted by molar-refractivity contribution is 5.99. The van der Waals surface area contributed by atoms with Crippen molar-refractivity contribution < 1.29 is 9.15 Å². The Balaban J connectivity index is 1.89. The summed E-state index contributed by atoms with van der Waals surface area (Å²) in [6, 6.07) is 9.10. The predicted octanol–water partition coefficient (Wildman–Crippen LogP) is 1.14. The molecule has 3 rings (SSSR count). The molecule has 0 atom stereocenters. The molecule has 0 spiro atoms. The zero-order valence-corrected chi connectivity index (χ0v) is 14.3. The lowest BCUT2D eigenvalue weighted by molar-refractivity contribution is -0.486. The van der Waals surface area contributed by atoms with Crippen LogP contribution in [0.3, 0.4) is 0 Å². The topological polar surface area (TPSA) is 12.5 Å². The van der Waals surface area contributed by atoms with Crippen molar-refractivity contribution in [3.63, 3.8) is 0 Å². The van der Waals surface area contributed by atoms with E-state index in [1.54, 1.807) is 0 Å². The third kappa shape index (κ3) is 2.62. The Morgan fingerprint density at radius 1 is 0.909 bits per heavy atom. The molecule has 0 unspecified atom stereocenters. The first-order chi connectivity index (χ1) is 10.6. The summed E-state index contributed by atoms with van der Waals surface area (Å²) in [5, 5.41) is 0. The van der Waals surface area contributed by atoms with Gasteiger partial charge in [0.25, 0.3) is 11.7 Å². The minimum Gasteiger partial charge on any atom is -0.260 e. The number of benzene rings is 1. The van der Waals surface area contributed by atoms with Crippen LogP contribution in [0.25, 0.3) is 0 Å². The molecule has 0 amide bonds. The van der Waals surface area contributed by atoms with E-state index in [0.717, 1.165) is 32.7 Å². The first-order valence-electron chi connectivity index (χ1n) is 8.35. The zero-order chi connectivity index (χ0) is 15.7. The van der Waals surface area contributed by atoms with Crippen LogP contribution in [-0.4, -0.2) is 84.5 Å². The molecule has 2 heterocycles. The molecule has 0 radical (unpaired) electrons. The quantitative estimate of drug-likeness (QED) is 0.773. The molecule has 0 saturated carbocycles. The Labute approximate surface area is 134 Å². The Kier molecular flexibility index (Phi) is 4.19. The van der Waals surface area contributed by atoms with Crippen LogP contribution in [0.5, 0.6) is 0 Å². The van der Waals surface area contributed by atoms with Crippen molar-refractivity contribution in [3.8, 4) is 0 Å². The van der Waals surface area contributed by atoms with Crippen molar-refractivity contribution >= 4 is 11.7 Å². The molecule has 4 heteroatoms. The minimum atomic E-state index is 1.11. The first kappa shape index (κ1) is 15.1. The van der Waals surface area contributed by atoms with Gasteiger partial charge < -0.3 is 0 Å². The summed E-state index contributed by atoms with van der Waals surface area (Å²) in [5.41, 5.74) is 2.65. The summed E-state index contributed by atoms with van der Waals surface area (Å²) in [4.78, 5) is 4.85. The average molecular weight is 300 g/mol. The van der Waals surface area contributed by atoms with Gasteiger partial charge in [-0.1, -0.05) is 6.92 Å². The van der Waals surface area contributed by atoms with Crippen molar-refractivity contribution in [2.24, 2.45) is 0 Å². The number of hydrogen-bond donors (Lipinski definition) is 0. The van der Waals surface area contributed by atoms with Crippen LogP contribution >= 0.6 is 0 Å². The van der Waals surface area contributed by atoms with Crippen molar-refractivity contribution in [1.82, 2.24) is 9.80 Å². The summed E-state index contributed by atoms with van der Waals surface area (Å²) < 4.78 is 4.72. The molecular formula is C18H28N4+2. The van der Waals surface area contributed by atoms with Gasteiger partial charge in [-0.25, -0.2) is 0 Å². The predicted molar refractivity (Wildman–Crippen MR) is 91.3 cm³/mol. The maximum Gasteiger partial charge on any atom is 0.279 e. The summed E-state index contributed by atoms with van der Waals surface area (Å²) in [5.74, 6) is 2.72. The molecule has 22 heavy (non-hydrogen) atoms. The Morgan fingerprint density at radius 3 is 2.00 bits per heavy atom.